The summed E-state index contributed by atoms with van der Waals surface area (Å²) in [6.45, 7) is 3.85. The molecule has 0 fully saturated rings. The molecule has 2 N–H and O–H groups in total. The molecule has 0 bridgehead atoms. The average molecular weight is 289 g/mol. The van der Waals surface area contributed by atoms with Gasteiger partial charge in [-0.25, -0.2) is 4.79 Å². The van der Waals surface area contributed by atoms with Crippen LogP contribution in [0.2, 0.25) is 0 Å². The van der Waals surface area contributed by atoms with Gasteiger partial charge < -0.3 is 15.2 Å². The Balaban J connectivity index is 2.14. The number of hydrogen-bond donors (Lipinski definition) is 2. The highest BCUT2D eigenvalue weighted by molar-refractivity contribution is 6.00. The van der Waals surface area contributed by atoms with Crippen molar-refractivity contribution in [3.05, 3.63) is 35.4 Å². The Labute approximate surface area is 123 Å². The molecule has 0 radical (unpaired) electrons. The average Bonchev–Trinajstić information content (AvgIpc) is 2.50. The number of benzene rings is 1. The van der Waals surface area contributed by atoms with Crippen molar-refractivity contribution in [2.24, 2.45) is 5.92 Å². The molecule has 2 rings (SSSR count). The van der Waals surface area contributed by atoms with E-state index in [1.165, 1.54) is 0 Å². The highest BCUT2D eigenvalue weighted by Gasteiger charge is 2.27. The van der Waals surface area contributed by atoms with Crippen LogP contribution >= 0.6 is 0 Å². The number of ether oxygens (including phenoxy) is 1. The Hall–Kier alpha value is -2.30. The van der Waals surface area contributed by atoms with E-state index in [1.807, 2.05) is 31.2 Å². The molecule has 0 aromatic heterocycles. The molecule has 5 heteroatoms. The van der Waals surface area contributed by atoms with Gasteiger partial charge in [-0.05, 0) is 18.1 Å². The molecule has 1 aromatic rings. The van der Waals surface area contributed by atoms with E-state index in [0.29, 0.717) is 12.0 Å². The Morgan fingerprint density at radius 2 is 2.10 bits per heavy atom. The summed E-state index contributed by atoms with van der Waals surface area (Å²) in [5.74, 6) is -0.817. The van der Waals surface area contributed by atoms with Gasteiger partial charge in [-0.3, -0.25) is 4.79 Å². The number of nitrogens with one attached hydrogen (secondary N) is 1. The molecule has 0 unspecified atom stereocenters. The molecular formula is C16H19NO4. The number of aliphatic carboxylic acids is 1. The number of para-hydroxylation sites is 1. The van der Waals surface area contributed by atoms with Crippen LogP contribution in [-0.2, 0) is 9.59 Å². The highest BCUT2D eigenvalue weighted by Crippen LogP contribution is 2.25. The Bertz CT molecular complexity index is 579. The molecule has 1 amide bonds. The lowest BCUT2D eigenvalue weighted by Crippen LogP contribution is -2.46. The molecule has 0 aliphatic carbocycles. The quantitative estimate of drug-likeness (QED) is 0.870. The van der Waals surface area contributed by atoms with E-state index in [0.717, 1.165) is 11.3 Å². The fourth-order valence-electron chi connectivity index (χ4n) is 2.16. The van der Waals surface area contributed by atoms with Crippen LogP contribution in [0.3, 0.4) is 0 Å². The summed E-state index contributed by atoms with van der Waals surface area (Å²) in [6, 6.07) is 6.52. The number of rotatable bonds is 5. The van der Waals surface area contributed by atoms with Crippen molar-refractivity contribution in [3.8, 4) is 5.75 Å². The first-order valence-corrected chi connectivity index (χ1v) is 6.99. The van der Waals surface area contributed by atoms with Crippen molar-refractivity contribution < 1.29 is 19.4 Å². The number of carbonyl (C=O) groups excluding carboxylic acids is 1. The van der Waals surface area contributed by atoms with Gasteiger partial charge in [-0.1, -0.05) is 38.5 Å². The zero-order valence-corrected chi connectivity index (χ0v) is 12.1. The van der Waals surface area contributed by atoms with Crippen LogP contribution in [0.1, 0.15) is 25.8 Å². The van der Waals surface area contributed by atoms with E-state index in [2.05, 4.69) is 5.32 Å². The van der Waals surface area contributed by atoms with Crippen molar-refractivity contribution in [1.29, 1.82) is 0 Å². The topological polar surface area (TPSA) is 75.6 Å². The van der Waals surface area contributed by atoms with Gasteiger partial charge in [0.15, 0.2) is 0 Å². The first kappa shape index (κ1) is 15.1. The van der Waals surface area contributed by atoms with Crippen LogP contribution in [0.4, 0.5) is 0 Å². The van der Waals surface area contributed by atoms with Crippen molar-refractivity contribution in [2.75, 3.05) is 6.61 Å². The summed E-state index contributed by atoms with van der Waals surface area (Å²) in [6.07, 6.45) is 2.42. The van der Waals surface area contributed by atoms with Gasteiger partial charge in [0.05, 0.1) is 5.57 Å². The summed E-state index contributed by atoms with van der Waals surface area (Å²) in [7, 11) is 0. The predicted octanol–water partition coefficient (Wildman–Crippen LogP) is 2.08. The standard InChI is InChI=1S/C16H19NO4/c1-3-10(2)14(16(19)20)17-15(18)12-8-11-6-4-5-7-13(11)21-9-12/h4-8,10,14H,3,9H2,1-2H3,(H,17,18)(H,19,20)/t10-,14-/m0/s1. The van der Waals surface area contributed by atoms with Crippen molar-refractivity contribution in [3.63, 3.8) is 0 Å². The summed E-state index contributed by atoms with van der Waals surface area (Å²) < 4.78 is 5.51. The number of hydrogen-bond acceptors (Lipinski definition) is 3. The predicted molar refractivity (Wildman–Crippen MR) is 78.9 cm³/mol. The smallest absolute Gasteiger partial charge is 0.326 e. The number of carboxylic acid groups (broad SMARTS) is 1. The van der Waals surface area contributed by atoms with E-state index in [4.69, 9.17) is 4.74 Å². The van der Waals surface area contributed by atoms with E-state index >= 15 is 0 Å². The van der Waals surface area contributed by atoms with Gasteiger partial charge in [0.25, 0.3) is 5.91 Å². The second-order valence-corrected chi connectivity index (χ2v) is 5.17. The molecular weight excluding hydrogens is 270 g/mol. The van der Waals surface area contributed by atoms with Crippen LogP contribution in [0.25, 0.3) is 6.08 Å². The zero-order valence-electron chi connectivity index (χ0n) is 12.1. The number of fused-ring (bicyclic) bond motifs is 1. The Morgan fingerprint density at radius 1 is 1.38 bits per heavy atom. The molecule has 0 saturated heterocycles. The van der Waals surface area contributed by atoms with Gasteiger partial charge >= 0.3 is 5.97 Å². The first-order valence-electron chi connectivity index (χ1n) is 6.99. The summed E-state index contributed by atoms with van der Waals surface area (Å²) >= 11 is 0. The third kappa shape index (κ3) is 3.42. The molecule has 1 aromatic carbocycles. The Morgan fingerprint density at radius 3 is 2.76 bits per heavy atom. The van der Waals surface area contributed by atoms with Crippen LogP contribution < -0.4 is 10.1 Å². The fraction of sp³-hybridized carbons (Fsp3) is 0.375. The van der Waals surface area contributed by atoms with Crippen LogP contribution in [0.15, 0.2) is 29.8 Å². The molecule has 0 saturated carbocycles. The van der Waals surface area contributed by atoms with Gasteiger partial charge in [-0.15, -0.1) is 0 Å². The number of carbonyl (C=O) groups is 2. The van der Waals surface area contributed by atoms with Crippen molar-refractivity contribution in [2.45, 2.75) is 26.3 Å². The normalized spacial score (nSPS) is 16.0. The molecule has 5 nitrogen and oxygen atoms in total. The second kappa shape index (κ2) is 6.43. The number of amides is 1. The minimum absolute atomic E-state index is 0.135. The van der Waals surface area contributed by atoms with E-state index in [1.54, 1.807) is 13.0 Å². The lowest BCUT2D eigenvalue weighted by atomic mass is 9.98. The minimum Gasteiger partial charge on any atom is -0.488 e. The molecule has 0 spiro atoms. The maximum Gasteiger partial charge on any atom is 0.326 e. The lowest BCUT2D eigenvalue weighted by Gasteiger charge is -2.22. The number of carboxylic acids is 1. The van der Waals surface area contributed by atoms with Crippen molar-refractivity contribution in [1.82, 2.24) is 5.32 Å². The molecule has 2 atom stereocenters. The minimum atomic E-state index is -1.02. The molecule has 112 valence electrons. The van der Waals surface area contributed by atoms with E-state index in [9.17, 15) is 14.7 Å². The van der Waals surface area contributed by atoms with E-state index < -0.39 is 17.9 Å². The monoisotopic (exact) mass is 289 g/mol. The van der Waals surface area contributed by atoms with Gasteiger partial charge in [0.2, 0.25) is 0 Å². The van der Waals surface area contributed by atoms with Crippen LogP contribution in [0, 0.1) is 5.92 Å². The maximum absolute atomic E-state index is 12.2. The fourth-order valence-corrected chi connectivity index (χ4v) is 2.16. The van der Waals surface area contributed by atoms with Gasteiger partial charge in [-0.2, -0.15) is 0 Å². The first-order chi connectivity index (χ1) is 10.0. The highest BCUT2D eigenvalue weighted by atomic mass is 16.5. The summed E-state index contributed by atoms with van der Waals surface area (Å²) in [5, 5.41) is 11.8. The molecule has 1 aliphatic rings. The lowest BCUT2D eigenvalue weighted by molar-refractivity contribution is -0.142. The van der Waals surface area contributed by atoms with Gasteiger partial charge in [0, 0.05) is 5.56 Å². The third-order valence-electron chi connectivity index (χ3n) is 3.69. The summed E-state index contributed by atoms with van der Waals surface area (Å²) in [5.41, 5.74) is 1.26. The third-order valence-corrected chi connectivity index (χ3v) is 3.69. The molecule has 21 heavy (non-hydrogen) atoms. The van der Waals surface area contributed by atoms with Gasteiger partial charge in [0.1, 0.15) is 18.4 Å². The van der Waals surface area contributed by atoms with Crippen molar-refractivity contribution >= 4 is 18.0 Å². The summed E-state index contributed by atoms with van der Waals surface area (Å²) in [4.78, 5) is 23.5. The molecule has 1 aliphatic heterocycles. The van der Waals surface area contributed by atoms with E-state index in [-0.39, 0.29) is 12.5 Å². The van der Waals surface area contributed by atoms with Crippen LogP contribution in [-0.4, -0.2) is 29.6 Å². The molecule has 1 heterocycles. The van der Waals surface area contributed by atoms with Crippen LogP contribution in [0.5, 0.6) is 5.75 Å². The maximum atomic E-state index is 12.2. The largest absolute Gasteiger partial charge is 0.488 e. The second-order valence-electron chi connectivity index (χ2n) is 5.17. The SMILES string of the molecule is CC[C@H](C)[C@H](NC(=O)C1=Cc2ccccc2OC1)C(=O)O. The zero-order chi connectivity index (χ0) is 15.4. The Kier molecular flexibility index (Phi) is 4.62.